The van der Waals surface area contributed by atoms with Gasteiger partial charge in [-0.2, -0.15) is 0 Å². The van der Waals surface area contributed by atoms with E-state index in [9.17, 15) is 8.78 Å². The van der Waals surface area contributed by atoms with Crippen LogP contribution in [0.2, 0.25) is 0 Å². The van der Waals surface area contributed by atoms with E-state index in [1.807, 2.05) is 6.92 Å². The van der Waals surface area contributed by atoms with Crippen molar-refractivity contribution in [3.8, 4) is 0 Å². The molecule has 0 saturated carbocycles. The molecule has 0 atom stereocenters. The standard InChI is InChI=1S/C13H11F2N5/c1-8-18-19-13-12(16-4-5-20(8)13)17-7-9-2-3-10(14)11(15)6-9/h2-6H,7H2,1H3,(H,16,17). The molecule has 0 aliphatic rings. The SMILES string of the molecule is Cc1nnc2c(NCc3ccc(F)c(F)c3)nccn12. The molecule has 102 valence electrons. The van der Waals surface area contributed by atoms with E-state index in [0.29, 0.717) is 23.6 Å². The van der Waals surface area contributed by atoms with Crippen LogP contribution in [0.3, 0.4) is 0 Å². The van der Waals surface area contributed by atoms with Gasteiger partial charge in [0.2, 0.25) is 5.65 Å². The summed E-state index contributed by atoms with van der Waals surface area (Å²) in [4.78, 5) is 4.17. The average Bonchev–Trinajstić information content (AvgIpc) is 2.83. The molecule has 1 N–H and O–H groups in total. The summed E-state index contributed by atoms with van der Waals surface area (Å²) in [5.41, 5.74) is 1.21. The van der Waals surface area contributed by atoms with E-state index in [-0.39, 0.29) is 0 Å². The number of aryl methyl sites for hydroxylation is 1. The molecule has 1 aromatic carbocycles. The van der Waals surface area contributed by atoms with Gasteiger partial charge in [0.25, 0.3) is 0 Å². The van der Waals surface area contributed by atoms with Gasteiger partial charge in [-0.05, 0) is 24.6 Å². The molecule has 0 fully saturated rings. The second-order valence-electron chi connectivity index (χ2n) is 4.32. The van der Waals surface area contributed by atoms with Gasteiger partial charge in [0.15, 0.2) is 17.5 Å². The highest BCUT2D eigenvalue weighted by Gasteiger charge is 2.08. The Hall–Kier alpha value is -2.57. The number of aromatic nitrogens is 4. The van der Waals surface area contributed by atoms with E-state index in [4.69, 9.17) is 0 Å². The third kappa shape index (κ3) is 2.18. The topological polar surface area (TPSA) is 55.1 Å². The maximum Gasteiger partial charge on any atom is 0.203 e. The number of benzene rings is 1. The number of hydrogen-bond acceptors (Lipinski definition) is 4. The van der Waals surface area contributed by atoms with Gasteiger partial charge in [0.1, 0.15) is 5.82 Å². The van der Waals surface area contributed by atoms with Crippen molar-refractivity contribution >= 4 is 11.5 Å². The number of anilines is 1. The van der Waals surface area contributed by atoms with Crippen molar-refractivity contribution in [1.29, 1.82) is 0 Å². The van der Waals surface area contributed by atoms with Crippen LogP contribution in [0, 0.1) is 18.6 Å². The van der Waals surface area contributed by atoms with Crippen LogP contribution >= 0.6 is 0 Å². The zero-order chi connectivity index (χ0) is 14.1. The van der Waals surface area contributed by atoms with Gasteiger partial charge in [-0.3, -0.25) is 4.40 Å². The van der Waals surface area contributed by atoms with Gasteiger partial charge in [0.05, 0.1) is 0 Å². The van der Waals surface area contributed by atoms with Crippen LogP contribution in [0.4, 0.5) is 14.6 Å². The predicted molar refractivity (Wildman–Crippen MR) is 69.2 cm³/mol. The molecule has 0 radical (unpaired) electrons. The summed E-state index contributed by atoms with van der Waals surface area (Å²) in [6.07, 6.45) is 3.38. The minimum Gasteiger partial charge on any atom is -0.363 e. The van der Waals surface area contributed by atoms with Crippen LogP contribution in [-0.2, 0) is 6.54 Å². The van der Waals surface area contributed by atoms with Crippen molar-refractivity contribution in [3.63, 3.8) is 0 Å². The Morgan fingerprint density at radius 3 is 2.85 bits per heavy atom. The predicted octanol–water partition coefficient (Wildman–Crippen LogP) is 2.32. The Morgan fingerprint density at radius 1 is 1.20 bits per heavy atom. The lowest BCUT2D eigenvalue weighted by Gasteiger charge is -2.07. The van der Waals surface area contributed by atoms with Gasteiger partial charge in [-0.1, -0.05) is 6.07 Å². The van der Waals surface area contributed by atoms with Crippen molar-refractivity contribution in [3.05, 3.63) is 53.6 Å². The van der Waals surface area contributed by atoms with Crippen LogP contribution in [-0.4, -0.2) is 19.6 Å². The maximum absolute atomic E-state index is 13.1. The number of nitrogens with zero attached hydrogens (tertiary/aromatic N) is 4. The smallest absolute Gasteiger partial charge is 0.203 e. The first-order chi connectivity index (χ1) is 9.65. The third-order valence-corrected chi connectivity index (χ3v) is 2.94. The van der Waals surface area contributed by atoms with Crippen molar-refractivity contribution in [2.75, 3.05) is 5.32 Å². The first-order valence-electron chi connectivity index (χ1n) is 5.99. The largest absolute Gasteiger partial charge is 0.363 e. The minimum absolute atomic E-state index is 0.315. The summed E-state index contributed by atoms with van der Waals surface area (Å²) in [7, 11) is 0. The highest BCUT2D eigenvalue weighted by molar-refractivity contribution is 5.62. The first-order valence-corrected chi connectivity index (χ1v) is 5.99. The molecular weight excluding hydrogens is 264 g/mol. The first kappa shape index (κ1) is 12.5. The normalized spacial score (nSPS) is 10.9. The lowest BCUT2D eigenvalue weighted by Crippen LogP contribution is -2.04. The summed E-state index contributed by atoms with van der Waals surface area (Å²) >= 11 is 0. The van der Waals surface area contributed by atoms with E-state index in [1.54, 1.807) is 16.8 Å². The molecule has 5 nitrogen and oxygen atoms in total. The molecule has 0 aliphatic carbocycles. The molecule has 0 amide bonds. The number of nitrogens with one attached hydrogen (secondary N) is 1. The van der Waals surface area contributed by atoms with Crippen LogP contribution in [0.25, 0.3) is 5.65 Å². The average molecular weight is 275 g/mol. The van der Waals surface area contributed by atoms with Crippen LogP contribution < -0.4 is 5.32 Å². The zero-order valence-electron chi connectivity index (χ0n) is 10.6. The van der Waals surface area contributed by atoms with Crippen molar-refractivity contribution in [2.24, 2.45) is 0 Å². The monoisotopic (exact) mass is 275 g/mol. The van der Waals surface area contributed by atoms with Gasteiger partial charge < -0.3 is 5.32 Å². The zero-order valence-corrected chi connectivity index (χ0v) is 10.6. The Bertz CT molecular complexity index is 769. The number of halogens is 2. The summed E-state index contributed by atoms with van der Waals surface area (Å²) in [5.74, 6) is -0.438. The van der Waals surface area contributed by atoms with Crippen molar-refractivity contribution in [1.82, 2.24) is 19.6 Å². The quantitative estimate of drug-likeness (QED) is 0.797. The fraction of sp³-hybridized carbons (Fsp3) is 0.154. The van der Waals surface area contributed by atoms with E-state index >= 15 is 0 Å². The van der Waals surface area contributed by atoms with Crippen LogP contribution in [0.15, 0.2) is 30.6 Å². The minimum atomic E-state index is -0.867. The second-order valence-corrected chi connectivity index (χ2v) is 4.32. The number of rotatable bonds is 3. The summed E-state index contributed by atoms with van der Waals surface area (Å²) in [6.45, 7) is 2.15. The lowest BCUT2D eigenvalue weighted by atomic mass is 10.2. The molecular formula is C13H11F2N5. The molecule has 0 bridgehead atoms. The molecule has 20 heavy (non-hydrogen) atoms. The Balaban J connectivity index is 1.85. The van der Waals surface area contributed by atoms with E-state index in [1.165, 1.54) is 6.07 Å². The fourth-order valence-electron chi connectivity index (χ4n) is 1.90. The highest BCUT2D eigenvalue weighted by Crippen LogP contribution is 2.14. The summed E-state index contributed by atoms with van der Waals surface area (Å²) in [5, 5.41) is 11.0. The second kappa shape index (κ2) is 4.84. The fourth-order valence-corrected chi connectivity index (χ4v) is 1.90. The van der Waals surface area contributed by atoms with Crippen LogP contribution in [0.1, 0.15) is 11.4 Å². The number of fused-ring (bicyclic) bond motifs is 1. The Kier molecular flexibility index (Phi) is 3.02. The van der Waals surface area contributed by atoms with Crippen molar-refractivity contribution < 1.29 is 8.78 Å². The number of hydrogen-bond donors (Lipinski definition) is 1. The van der Waals surface area contributed by atoms with Crippen molar-refractivity contribution in [2.45, 2.75) is 13.5 Å². The van der Waals surface area contributed by atoms with Gasteiger partial charge in [0, 0.05) is 18.9 Å². The highest BCUT2D eigenvalue weighted by atomic mass is 19.2. The molecule has 0 saturated heterocycles. The Labute approximate surface area is 113 Å². The molecule has 0 unspecified atom stereocenters. The van der Waals surface area contributed by atoms with E-state index < -0.39 is 11.6 Å². The molecule has 0 spiro atoms. The van der Waals surface area contributed by atoms with Gasteiger partial charge in [-0.25, -0.2) is 13.8 Å². The molecule has 3 aromatic rings. The van der Waals surface area contributed by atoms with Crippen LogP contribution in [0.5, 0.6) is 0 Å². The molecule has 7 heteroatoms. The molecule has 3 rings (SSSR count). The summed E-state index contributed by atoms with van der Waals surface area (Å²) in [6, 6.07) is 3.76. The maximum atomic E-state index is 13.1. The van der Waals surface area contributed by atoms with Gasteiger partial charge in [-0.15, -0.1) is 10.2 Å². The van der Waals surface area contributed by atoms with E-state index in [2.05, 4.69) is 20.5 Å². The molecule has 2 heterocycles. The lowest BCUT2D eigenvalue weighted by molar-refractivity contribution is 0.507. The molecule has 2 aromatic heterocycles. The molecule has 0 aliphatic heterocycles. The Morgan fingerprint density at radius 2 is 2.05 bits per heavy atom. The van der Waals surface area contributed by atoms with E-state index in [0.717, 1.165) is 18.0 Å². The third-order valence-electron chi connectivity index (χ3n) is 2.94. The van der Waals surface area contributed by atoms with Gasteiger partial charge >= 0.3 is 0 Å². The summed E-state index contributed by atoms with van der Waals surface area (Å²) < 4.78 is 27.8.